The molecule has 22 heavy (non-hydrogen) atoms. The summed E-state index contributed by atoms with van der Waals surface area (Å²) in [7, 11) is 1.64. The Morgan fingerprint density at radius 1 is 1.41 bits per heavy atom. The fourth-order valence-electron chi connectivity index (χ4n) is 2.26. The number of carbonyl (C=O) groups is 1. The van der Waals surface area contributed by atoms with E-state index in [4.69, 9.17) is 9.47 Å². The average molecular weight is 319 g/mol. The molecule has 0 aliphatic carbocycles. The number of carbonyl (C=O) groups excluding carboxylic acids is 1. The Labute approximate surface area is 132 Å². The van der Waals surface area contributed by atoms with Crippen LogP contribution in [0, 0.1) is 0 Å². The average Bonchev–Trinajstić information content (AvgIpc) is 3.20. The molecule has 0 unspecified atom stereocenters. The third kappa shape index (κ3) is 3.61. The van der Waals surface area contributed by atoms with E-state index in [0.29, 0.717) is 18.2 Å². The Balaban J connectivity index is 1.59. The zero-order valence-electron chi connectivity index (χ0n) is 12.2. The van der Waals surface area contributed by atoms with E-state index in [-0.39, 0.29) is 12.0 Å². The summed E-state index contributed by atoms with van der Waals surface area (Å²) in [5.41, 5.74) is 1.12. The van der Waals surface area contributed by atoms with Gasteiger partial charge in [0.05, 0.1) is 7.11 Å². The number of rotatable bonds is 5. The fourth-order valence-corrected chi connectivity index (χ4v) is 3.04. The van der Waals surface area contributed by atoms with E-state index in [9.17, 15) is 4.79 Å². The van der Waals surface area contributed by atoms with Crippen LogP contribution >= 0.6 is 11.3 Å². The molecule has 2 heterocycles. The maximum absolute atomic E-state index is 11.9. The number of benzene rings is 1. The Bertz CT molecular complexity index is 636. The van der Waals surface area contributed by atoms with Crippen molar-refractivity contribution < 1.29 is 14.3 Å². The van der Waals surface area contributed by atoms with Crippen LogP contribution in [-0.2, 0) is 16.0 Å². The van der Waals surface area contributed by atoms with Gasteiger partial charge in [-0.2, -0.15) is 0 Å². The van der Waals surface area contributed by atoms with Crippen molar-refractivity contribution in [1.82, 2.24) is 10.2 Å². The minimum Gasteiger partial charge on any atom is -0.497 e. The predicted octanol–water partition coefficient (Wildman–Crippen LogP) is 2.25. The van der Waals surface area contributed by atoms with Crippen molar-refractivity contribution in [2.24, 2.45) is 0 Å². The molecule has 3 rings (SSSR count). The van der Waals surface area contributed by atoms with Crippen molar-refractivity contribution in [1.29, 1.82) is 0 Å². The smallest absolute Gasteiger partial charge is 0.255 e. The first-order valence-electron chi connectivity index (χ1n) is 7.12. The molecule has 116 valence electrons. The lowest BCUT2D eigenvalue weighted by atomic mass is 10.1. The summed E-state index contributed by atoms with van der Waals surface area (Å²) in [6.07, 6.45) is 2.02. The van der Waals surface area contributed by atoms with Crippen molar-refractivity contribution in [3.8, 4) is 5.75 Å². The summed E-state index contributed by atoms with van der Waals surface area (Å²) >= 11 is 1.38. The van der Waals surface area contributed by atoms with Gasteiger partial charge in [0.1, 0.15) is 16.9 Å². The van der Waals surface area contributed by atoms with Crippen LogP contribution in [0.4, 0.5) is 5.13 Å². The van der Waals surface area contributed by atoms with E-state index < -0.39 is 0 Å². The molecule has 1 fully saturated rings. The second kappa shape index (κ2) is 6.85. The number of methoxy groups -OCH3 is 1. The summed E-state index contributed by atoms with van der Waals surface area (Å²) in [6.45, 7) is 0.650. The maximum atomic E-state index is 11.9. The van der Waals surface area contributed by atoms with E-state index in [1.807, 2.05) is 24.3 Å². The molecule has 1 N–H and O–H groups in total. The van der Waals surface area contributed by atoms with Crippen LogP contribution < -0.4 is 10.1 Å². The normalized spacial score (nSPS) is 17.4. The van der Waals surface area contributed by atoms with Crippen molar-refractivity contribution in [3.63, 3.8) is 0 Å². The third-order valence-electron chi connectivity index (χ3n) is 3.43. The first kappa shape index (κ1) is 14.9. The van der Waals surface area contributed by atoms with Gasteiger partial charge in [-0.1, -0.05) is 23.5 Å². The highest BCUT2D eigenvalue weighted by Gasteiger charge is 2.24. The van der Waals surface area contributed by atoms with Gasteiger partial charge in [0.15, 0.2) is 0 Å². The molecule has 0 spiro atoms. The second-order valence-electron chi connectivity index (χ2n) is 5.02. The van der Waals surface area contributed by atoms with E-state index in [2.05, 4.69) is 15.5 Å². The van der Waals surface area contributed by atoms with Crippen molar-refractivity contribution in [2.45, 2.75) is 25.4 Å². The summed E-state index contributed by atoms with van der Waals surface area (Å²) < 4.78 is 10.5. The number of aromatic nitrogens is 2. The monoisotopic (exact) mass is 319 g/mol. The highest BCUT2D eigenvalue weighted by Crippen LogP contribution is 2.21. The Morgan fingerprint density at radius 3 is 2.91 bits per heavy atom. The first-order chi connectivity index (χ1) is 10.7. The van der Waals surface area contributed by atoms with Crippen LogP contribution in [0.3, 0.4) is 0 Å². The van der Waals surface area contributed by atoms with Crippen LogP contribution in [0.5, 0.6) is 5.75 Å². The summed E-state index contributed by atoms with van der Waals surface area (Å²) in [4.78, 5) is 11.9. The molecule has 2 aromatic rings. The predicted molar refractivity (Wildman–Crippen MR) is 83.3 cm³/mol. The third-order valence-corrected chi connectivity index (χ3v) is 4.27. The van der Waals surface area contributed by atoms with E-state index in [0.717, 1.165) is 29.2 Å². The van der Waals surface area contributed by atoms with Gasteiger partial charge in [0.2, 0.25) is 5.13 Å². The Morgan fingerprint density at radius 2 is 2.23 bits per heavy atom. The highest BCUT2D eigenvalue weighted by molar-refractivity contribution is 7.15. The number of nitrogens with zero attached hydrogens (tertiary/aromatic N) is 2. The molecule has 1 amide bonds. The summed E-state index contributed by atoms with van der Waals surface area (Å²) in [5, 5.41) is 12.3. The molecular formula is C15H17N3O3S. The van der Waals surface area contributed by atoms with Gasteiger partial charge >= 0.3 is 0 Å². The molecule has 1 aromatic heterocycles. The van der Waals surface area contributed by atoms with Crippen LogP contribution in [0.25, 0.3) is 0 Å². The molecule has 7 heteroatoms. The fraction of sp³-hybridized carbons (Fsp3) is 0.400. The summed E-state index contributed by atoms with van der Waals surface area (Å²) in [6, 6.07) is 7.81. The topological polar surface area (TPSA) is 73.3 Å². The molecule has 1 aromatic carbocycles. The first-order valence-corrected chi connectivity index (χ1v) is 7.94. The zero-order chi connectivity index (χ0) is 15.4. The lowest BCUT2D eigenvalue weighted by Crippen LogP contribution is -2.26. The number of anilines is 1. The quantitative estimate of drug-likeness (QED) is 0.915. The van der Waals surface area contributed by atoms with Crippen molar-refractivity contribution >= 4 is 22.4 Å². The lowest BCUT2D eigenvalue weighted by Gasteiger charge is -2.07. The lowest BCUT2D eigenvalue weighted by molar-refractivity contribution is -0.124. The van der Waals surface area contributed by atoms with Gasteiger partial charge in [-0.25, -0.2) is 0 Å². The van der Waals surface area contributed by atoms with Gasteiger partial charge in [-0.05, 0) is 30.5 Å². The van der Waals surface area contributed by atoms with Crippen molar-refractivity contribution in [2.75, 3.05) is 19.0 Å². The van der Waals surface area contributed by atoms with Crippen LogP contribution in [0.15, 0.2) is 24.3 Å². The highest BCUT2D eigenvalue weighted by atomic mass is 32.1. The Kier molecular flexibility index (Phi) is 4.65. The number of ether oxygens (including phenoxy) is 2. The molecule has 1 saturated heterocycles. The Hall–Kier alpha value is -1.99. The zero-order valence-corrected chi connectivity index (χ0v) is 13.1. The molecule has 0 bridgehead atoms. The number of hydrogen-bond acceptors (Lipinski definition) is 6. The maximum Gasteiger partial charge on any atom is 0.255 e. The summed E-state index contributed by atoms with van der Waals surface area (Å²) in [5.74, 6) is 0.690. The number of nitrogens with one attached hydrogen (secondary N) is 1. The molecule has 1 aliphatic rings. The van der Waals surface area contributed by atoms with Crippen molar-refractivity contribution in [3.05, 3.63) is 34.8 Å². The van der Waals surface area contributed by atoms with E-state index in [1.54, 1.807) is 7.11 Å². The minimum atomic E-state index is -0.353. The van der Waals surface area contributed by atoms with Crippen LogP contribution in [-0.4, -0.2) is 35.9 Å². The SMILES string of the molecule is COc1ccc(Cc2nnc(NC(=O)[C@H]3CCCO3)s2)cc1. The molecule has 0 saturated carbocycles. The molecule has 1 aliphatic heterocycles. The number of hydrogen-bond donors (Lipinski definition) is 1. The van der Waals surface area contributed by atoms with Gasteiger partial charge in [0, 0.05) is 13.0 Å². The van der Waals surface area contributed by atoms with Gasteiger partial charge in [0.25, 0.3) is 5.91 Å². The largest absolute Gasteiger partial charge is 0.497 e. The van der Waals surface area contributed by atoms with E-state index >= 15 is 0 Å². The van der Waals surface area contributed by atoms with Gasteiger partial charge in [-0.15, -0.1) is 10.2 Å². The van der Waals surface area contributed by atoms with Gasteiger partial charge in [-0.3, -0.25) is 10.1 Å². The standard InChI is InChI=1S/C15H17N3O3S/c1-20-11-6-4-10(5-7-11)9-13-17-18-15(22-13)16-14(19)12-3-2-8-21-12/h4-7,12H,2-3,8-9H2,1H3,(H,16,18,19)/t12-/m1/s1. The molecular weight excluding hydrogens is 302 g/mol. The second-order valence-corrected chi connectivity index (χ2v) is 6.08. The number of amides is 1. The van der Waals surface area contributed by atoms with Crippen LogP contribution in [0.2, 0.25) is 0 Å². The molecule has 0 radical (unpaired) electrons. The molecule has 6 nitrogen and oxygen atoms in total. The van der Waals surface area contributed by atoms with E-state index in [1.165, 1.54) is 11.3 Å². The minimum absolute atomic E-state index is 0.135. The van der Waals surface area contributed by atoms with Gasteiger partial charge < -0.3 is 9.47 Å². The molecule has 1 atom stereocenters. The van der Waals surface area contributed by atoms with Crippen LogP contribution in [0.1, 0.15) is 23.4 Å².